The number of carbonyl (C=O) groups is 1. The van der Waals surface area contributed by atoms with Crippen LogP contribution < -0.4 is 5.73 Å². The highest BCUT2D eigenvalue weighted by Gasteiger charge is 2.32. The van der Waals surface area contributed by atoms with Gasteiger partial charge in [0.1, 0.15) is 11.6 Å². The zero-order valence-corrected chi connectivity index (χ0v) is 11.7. The van der Waals surface area contributed by atoms with E-state index >= 15 is 0 Å². The molecule has 0 bridgehead atoms. The lowest BCUT2D eigenvalue weighted by Gasteiger charge is -2.32. The number of carbonyl (C=O) groups excluding carboxylic acids is 1. The monoisotopic (exact) mass is 270 g/mol. The third kappa shape index (κ3) is 3.29. The molecule has 0 aliphatic rings. The highest BCUT2D eigenvalue weighted by molar-refractivity contribution is 5.82. The normalized spacial score (nSPS) is 13.2. The Kier molecular flexibility index (Phi) is 4.63. The van der Waals surface area contributed by atoms with E-state index in [0.29, 0.717) is 0 Å². The van der Waals surface area contributed by atoms with Crippen molar-refractivity contribution in [2.24, 2.45) is 11.1 Å². The van der Waals surface area contributed by atoms with Crippen LogP contribution in [0.4, 0.5) is 8.78 Å². The molecule has 1 aromatic carbocycles. The smallest absolute Gasteiger partial charge is 0.229 e. The summed E-state index contributed by atoms with van der Waals surface area (Å²) in [5.74, 6) is -1.26. The lowest BCUT2D eigenvalue weighted by Crippen LogP contribution is -2.43. The molecule has 1 atom stereocenters. The van der Waals surface area contributed by atoms with Gasteiger partial charge in [-0.05, 0) is 39.0 Å². The minimum absolute atomic E-state index is 0.156. The molecule has 3 nitrogen and oxygen atoms in total. The molecule has 0 saturated heterocycles. The van der Waals surface area contributed by atoms with Crippen LogP contribution in [0.1, 0.15) is 32.4 Å². The van der Waals surface area contributed by atoms with Gasteiger partial charge in [-0.25, -0.2) is 8.78 Å². The average molecular weight is 270 g/mol. The van der Waals surface area contributed by atoms with Crippen molar-refractivity contribution in [3.05, 3.63) is 35.4 Å². The second-order valence-electron chi connectivity index (χ2n) is 5.35. The molecule has 106 valence electrons. The molecular weight excluding hydrogens is 250 g/mol. The molecule has 0 heterocycles. The van der Waals surface area contributed by atoms with Crippen LogP contribution in [0.2, 0.25) is 0 Å². The van der Waals surface area contributed by atoms with Gasteiger partial charge in [-0.1, -0.05) is 0 Å². The number of hydrogen-bond acceptors (Lipinski definition) is 2. The van der Waals surface area contributed by atoms with Crippen LogP contribution in [0.25, 0.3) is 0 Å². The highest BCUT2D eigenvalue weighted by atomic mass is 19.1. The molecule has 0 fully saturated rings. The van der Waals surface area contributed by atoms with Gasteiger partial charge in [0.15, 0.2) is 0 Å². The number of rotatable bonds is 4. The number of halogens is 2. The minimum atomic E-state index is -0.729. The summed E-state index contributed by atoms with van der Waals surface area (Å²) in [4.78, 5) is 13.6. The van der Waals surface area contributed by atoms with E-state index in [9.17, 15) is 13.6 Å². The van der Waals surface area contributed by atoms with Gasteiger partial charge in [-0.2, -0.15) is 0 Å². The fourth-order valence-electron chi connectivity index (χ4n) is 1.78. The molecule has 1 unspecified atom stereocenters. The Morgan fingerprint density at radius 1 is 1.42 bits per heavy atom. The van der Waals surface area contributed by atoms with Crippen LogP contribution in [-0.2, 0) is 4.79 Å². The van der Waals surface area contributed by atoms with Crippen molar-refractivity contribution in [3.63, 3.8) is 0 Å². The maximum atomic E-state index is 13.7. The Morgan fingerprint density at radius 3 is 2.53 bits per heavy atom. The van der Waals surface area contributed by atoms with Crippen molar-refractivity contribution in [1.29, 1.82) is 0 Å². The lowest BCUT2D eigenvalue weighted by molar-refractivity contribution is -0.140. The van der Waals surface area contributed by atoms with Crippen molar-refractivity contribution < 1.29 is 13.6 Å². The summed E-state index contributed by atoms with van der Waals surface area (Å²) in [6, 6.07) is 2.67. The summed E-state index contributed by atoms with van der Waals surface area (Å²) in [6.07, 6.45) is 0. The van der Waals surface area contributed by atoms with Gasteiger partial charge in [-0.3, -0.25) is 4.79 Å². The molecule has 0 radical (unpaired) electrons. The summed E-state index contributed by atoms with van der Waals surface area (Å²) < 4.78 is 26.9. The first-order valence-corrected chi connectivity index (χ1v) is 6.13. The molecule has 0 saturated carbocycles. The van der Waals surface area contributed by atoms with Crippen LogP contribution in [0.5, 0.6) is 0 Å². The van der Waals surface area contributed by atoms with E-state index in [1.807, 2.05) is 0 Å². The van der Waals surface area contributed by atoms with Gasteiger partial charge in [0.25, 0.3) is 0 Å². The molecule has 1 aromatic rings. The van der Waals surface area contributed by atoms with Gasteiger partial charge < -0.3 is 10.6 Å². The first-order chi connectivity index (χ1) is 8.70. The van der Waals surface area contributed by atoms with Crippen molar-refractivity contribution in [1.82, 2.24) is 4.90 Å². The Bertz CT molecular complexity index is 475. The fraction of sp³-hybridized carbons (Fsp3) is 0.500. The van der Waals surface area contributed by atoms with Gasteiger partial charge >= 0.3 is 0 Å². The predicted molar refractivity (Wildman–Crippen MR) is 70.4 cm³/mol. The van der Waals surface area contributed by atoms with E-state index < -0.39 is 23.1 Å². The molecule has 0 aliphatic carbocycles. The second kappa shape index (κ2) is 5.65. The Morgan fingerprint density at radius 2 is 2.00 bits per heavy atom. The maximum absolute atomic E-state index is 13.7. The van der Waals surface area contributed by atoms with Crippen LogP contribution in [0.3, 0.4) is 0 Å². The van der Waals surface area contributed by atoms with Crippen LogP contribution >= 0.6 is 0 Å². The third-order valence-electron chi connectivity index (χ3n) is 3.40. The molecule has 5 heteroatoms. The topological polar surface area (TPSA) is 46.3 Å². The largest absolute Gasteiger partial charge is 0.338 e. The summed E-state index contributed by atoms with van der Waals surface area (Å²) in [5.41, 5.74) is 4.98. The van der Waals surface area contributed by atoms with E-state index in [0.717, 1.165) is 18.2 Å². The summed E-state index contributed by atoms with van der Waals surface area (Å²) in [5, 5.41) is 0. The van der Waals surface area contributed by atoms with E-state index in [4.69, 9.17) is 5.73 Å². The fourth-order valence-corrected chi connectivity index (χ4v) is 1.78. The highest BCUT2D eigenvalue weighted by Crippen LogP contribution is 2.27. The molecule has 0 spiro atoms. The Balaban J connectivity index is 3.03. The van der Waals surface area contributed by atoms with Crippen molar-refractivity contribution >= 4 is 5.91 Å². The number of nitrogens with two attached hydrogens (primary N) is 1. The third-order valence-corrected chi connectivity index (χ3v) is 3.40. The van der Waals surface area contributed by atoms with Crippen molar-refractivity contribution in [3.8, 4) is 0 Å². The van der Waals surface area contributed by atoms with E-state index in [1.54, 1.807) is 27.8 Å². The minimum Gasteiger partial charge on any atom is -0.338 e. The Hall–Kier alpha value is -1.49. The van der Waals surface area contributed by atoms with E-state index in [-0.39, 0.29) is 18.0 Å². The van der Waals surface area contributed by atoms with Crippen LogP contribution in [-0.4, -0.2) is 24.4 Å². The zero-order chi connectivity index (χ0) is 14.8. The van der Waals surface area contributed by atoms with E-state index in [2.05, 4.69) is 0 Å². The number of hydrogen-bond donors (Lipinski definition) is 1. The maximum Gasteiger partial charge on any atom is 0.229 e. The zero-order valence-electron chi connectivity index (χ0n) is 11.7. The molecule has 2 N–H and O–H groups in total. The first kappa shape index (κ1) is 15.6. The number of nitrogens with zero attached hydrogens (tertiary/aromatic N) is 1. The lowest BCUT2D eigenvalue weighted by atomic mass is 9.91. The summed E-state index contributed by atoms with van der Waals surface area (Å²) in [7, 11) is 1.56. The molecular formula is C14H20F2N2O. The van der Waals surface area contributed by atoms with E-state index in [1.165, 1.54) is 4.90 Å². The summed E-state index contributed by atoms with van der Waals surface area (Å²) in [6.45, 7) is 5.29. The molecule has 0 aliphatic heterocycles. The van der Waals surface area contributed by atoms with Gasteiger partial charge in [0.05, 0.1) is 11.5 Å². The summed E-state index contributed by atoms with van der Waals surface area (Å²) >= 11 is 0. The van der Waals surface area contributed by atoms with Gasteiger partial charge in [0, 0.05) is 19.2 Å². The van der Waals surface area contributed by atoms with Gasteiger partial charge in [0.2, 0.25) is 5.91 Å². The van der Waals surface area contributed by atoms with Gasteiger partial charge in [-0.15, -0.1) is 0 Å². The molecule has 0 aromatic heterocycles. The van der Waals surface area contributed by atoms with Crippen molar-refractivity contribution in [2.75, 3.05) is 13.6 Å². The quantitative estimate of drug-likeness (QED) is 0.913. The molecule has 19 heavy (non-hydrogen) atoms. The Labute approximate surface area is 112 Å². The number of benzene rings is 1. The first-order valence-electron chi connectivity index (χ1n) is 6.13. The SMILES string of the molecule is CC(c1cc(F)ccc1F)N(C)C(=O)C(C)(C)CN. The van der Waals surface area contributed by atoms with Crippen LogP contribution in [0.15, 0.2) is 18.2 Å². The predicted octanol–water partition coefficient (Wildman–Crippen LogP) is 2.47. The molecule has 1 rings (SSSR count). The van der Waals surface area contributed by atoms with Crippen LogP contribution in [0, 0.1) is 17.0 Å². The van der Waals surface area contributed by atoms with Crippen molar-refractivity contribution in [2.45, 2.75) is 26.8 Å². The number of amides is 1. The standard InChI is InChI=1S/C14H20F2N2O/c1-9(11-7-10(15)5-6-12(11)16)18(4)13(19)14(2,3)8-17/h5-7,9H,8,17H2,1-4H3. The average Bonchev–Trinajstić information content (AvgIpc) is 2.38. The molecule has 1 amide bonds. The second-order valence-corrected chi connectivity index (χ2v) is 5.35.